The molecule has 2 aromatic rings. The average molecular weight is 301 g/mol. The standard InChI is InChI=1S/C17H16FNO3/c18-14-6-3-12(4-7-14)16-8-5-13(11-20)17(21)19(16)10-15-2-1-9-22-15/h3-8,11,15H,1-2,9-10H2. The van der Waals surface area contributed by atoms with E-state index in [4.69, 9.17) is 4.74 Å². The Balaban J connectivity index is 2.07. The van der Waals surface area contributed by atoms with Crippen LogP contribution >= 0.6 is 0 Å². The molecule has 0 amide bonds. The van der Waals surface area contributed by atoms with Crippen LogP contribution in [0.4, 0.5) is 4.39 Å². The van der Waals surface area contributed by atoms with Gasteiger partial charge >= 0.3 is 0 Å². The molecule has 1 unspecified atom stereocenters. The van der Waals surface area contributed by atoms with Gasteiger partial charge < -0.3 is 9.30 Å². The number of hydrogen-bond donors (Lipinski definition) is 0. The van der Waals surface area contributed by atoms with E-state index < -0.39 is 0 Å². The van der Waals surface area contributed by atoms with Crippen LogP contribution in [0.3, 0.4) is 0 Å². The van der Waals surface area contributed by atoms with E-state index in [1.54, 1.807) is 22.8 Å². The van der Waals surface area contributed by atoms with Crippen molar-refractivity contribution >= 4 is 6.29 Å². The molecular formula is C17H16FNO3. The number of benzene rings is 1. The predicted molar refractivity (Wildman–Crippen MR) is 80.5 cm³/mol. The zero-order chi connectivity index (χ0) is 15.5. The molecule has 3 rings (SSSR count). The smallest absolute Gasteiger partial charge is 0.261 e. The molecule has 2 heterocycles. The molecule has 4 nitrogen and oxygen atoms in total. The molecule has 0 aliphatic carbocycles. The molecule has 1 aromatic carbocycles. The molecule has 1 aromatic heterocycles. The van der Waals surface area contributed by atoms with Crippen LogP contribution in [0, 0.1) is 5.82 Å². The molecule has 22 heavy (non-hydrogen) atoms. The van der Waals surface area contributed by atoms with Gasteiger partial charge in [0.15, 0.2) is 6.29 Å². The molecule has 0 spiro atoms. The summed E-state index contributed by atoms with van der Waals surface area (Å²) in [6.07, 6.45) is 2.39. The van der Waals surface area contributed by atoms with Gasteiger partial charge in [0.1, 0.15) is 5.82 Å². The van der Waals surface area contributed by atoms with Gasteiger partial charge in [-0.1, -0.05) is 0 Å². The second-order valence-corrected chi connectivity index (χ2v) is 5.35. The number of carbonyl (C=O) groups excluding carboxylic acids is 1. The Morgan fingerprint density at radius 3 is 2.64 bits per heavy atom. The van der Waals surface area contributed by atoms with Crippen LogP contribution in [0.25, 0.3) is 11.3 Å². The Labute approximate surface area is 127 Å². The van der Waals surface area contributed by atoms with Gasteiger partial charge in [-0.2, -0.15) is 0 Å². The molecule has 1 saturated heterocycles. The molecule has 1 aliphatic heterocycles. The third-order valence-electron chi connectivity index (χ3n) is 3.88. The third kappa shape index (κ3) is 2.85. The molecule has 114 valence electrons. The van der Waals surface area contributed by atoms with Gasteiger partial charge in [0, 0.05) is 6.61 Å². The summed E-state index contributed by atoms with van der Waals surface area (Å²) in [5.74, 6) is -0.332. The molecule has 1 aliphatic rings. The van der Waals surface area contributed by atoms with Gasteiger partial charge in [-0.15, -0.1) is 0 Å². The van der Waals surface area contributed by atoms with Gasteiger partial charge in [-0.3, -0.25) is 9.59 Å². The molecule has 0 saturated carbocycles. The van der Waals surface area contributed by atoms with Crippen LogP contribution < -0.4 is 5.56 Å². The minimum absolute atomic E-state index is 0.0289. The van der Waals surface area contributed by atoms with Crippen molar-refractivity contribution in [2.75, 3.05) is 6.61 Å². The van der Waals surface area contributed by atoms with E-state index in [1.165, 1.54) is 18.2 Å². The van der Waals surface area contributed by atoms with Crippen molar-refractivity contribution in [1.29, 1.82) is 0 Å². The van der Waals surface area contributed by atoms with Crippen LogP contribution in [-0.4, -0.2) is 23.6 Å². The fraction of sp³-hybridized carbons (Fsp3) is 0.294. The maximum absolute atomic E-state index is 13.1. The summed E-state index contributed by atoms with van der Waals surface area (Å²) in [6, 6.07) is 9.16. The summed E-state index contributed by atoms with van der Waals surface area (Å²) in [7, 11) is 0. The number of nitrogens with zero attached hydrogens (tertiary/aromatic N) is 1. The van der Waals surface area contributed by atoms with Crippen LogP contribution in [0.15, 0.2) is 41.2 Å². The van der Waals surface area contributed by atoms with Gasteiger partial charge in [0.2, 0.25) is 0 Å². The molecule has 0 bridgehead atoms. The summed E-state index contributed by atoms with van der Waals surface area (Å²) in [4.78, 5) is 23.5. The fourth-order valence-electron chi connectivity index (χ4n) is 2.73. The third-order valence-corrected chi connectivity index (χ3v) is 3.88. The Morgan fingerprint density at radius 1 is 1.23 bits per heavy atom. The maximum atomic E-state index is 13.1. The number of aromatic nitrogens is 1. The lowest BCUT2D eigenvalue weighted by Crippen LogP contribution is -2.29. The molecular weight excluding hydrogens is 285 g/mol. The highest BCUT2D eigenvalue weighted by Crippen LogP contribution is 2.21. The zero-order valence-corrected chi connectivity index (χ0v) is 12.0. The van der Waals surface area contributed by atoms with Crippen molar-refractivity contribution < 1.29 is 13.9 Å². The number of hydrogen-bond acceptors (Lipinski definition) is 3. The quantitative estimate of drug-likeness (QED) is 0.816. The SMILES string of the molecule is O=Cc1ccc(-c2ccc(F)cc2)n(CC2CCCO2)c1=O. The van der Waals surface area contributed by atoms with E-state index in [9.17, 15) is 14.0 Å². The van der Waals surface area contributed by atoms with E-state index in [0.717, 1.165) is 18.4 Å². The van der Waals surface area contributed by atoms with E-state index in [2.05, 4.69) is 0 Å². The molecule has 5 heteroatoms. The molecule has 0 N–H and O–H groups in total. The largest absolute Gasteiger partial charge is 0.376 e. The van der Waals surface area contributed by atoms with Crippen molar-refractivity contribution in [3.05, 3.63) is 58.1 Å². The molecule has 1 fully saturated rings. The first kappa shape index (κ1) is 14.7. The molecule has 1 atom stereocenters. The van der Waals surface area contributed by atoms with Crippen LogP contribution in [0.1, 0.15) is 23.2 Å². The van der Waals surface area contributed by atoms with Crippen molar-refractivity contribution in [3.63, 3.8) is 0 Å². The van der Waals surface area contributed by atoms with Gasteiger partial charge in [-0.05, 0) is 54.8 Å². The Hall–Kier alpha value is -2.27. The number of aldehydes is 1. The number of ether oxygens (including phenoxy) is 1. The van der Waals surface area contributed by atoms with Gasteiger partial charge in [-0.25, -0.2) is 4.39 Å². The van der Waals surface area contributed by atoms with Crippen molar-refractivity contribution in [2.45, 2.75) is 25.5 Å². The monoisotopic (exact) mass is 301 g/mol. The van der Waals surface area contributed by atoms with Crippen molar-refractivity contribution in [3.8, 4) is 11.3 Å². The summed E-state index contributed by atoms with van der Waals surface area (Å²) >= 11 is 0. The first-order valence-electron chi connectivity index (χ1n) is 7.25. The summed E-state index contributed by atoms with van der Waals surface area (Å²) < 4.78 is 20.2. The number of rotatable bonds is 4. The fourth-order valence-corrected chi connectivity index (χ4v) is 2.73. The van der Waals surface area contributed by atoms with Crippen molar-refractivity contribution in [1.82, 2.24) is 4.57 Å². The van der Waals surface area contributed by atoms with Gasteiger partial charge in [0.25, 0.3) is 5.56 Å². The topological polar surface area (TPSA) is 48.3 Å². The predicted octanol–water partition coefficient (Wildman–Crippen LogP) is 2.65. The molecule has 0 radical (unpaired) electrons. The highest BCUT2D eigenvalue weighted by atomic mass is 19.1. The van der Waals surface area contributed by atoms with E-state index in [0.29, 0.717) is 25.1 Å². The first-order valence-corrected chi connectivity index (χ1v) is 7.25. The Morgan fingerprint density at radius 2 is 2.00 bits per heavy atom. The van der Waals surface area contributed by atoms with E-state index in [1.807, 2.05) is 0 Å². The number of carbonyl (C=O) groups is 1. The van der Waals surface area contributed by atoms with Crippen LogP contribution in [0.2, 0.25) is 0 Å². The summed E-state index contributed by atoms with van der Waals surface area (Å²) in [5, 5.41) is 0. The number of pyridine rings is 1. The maximum Gasteiger partial charge on any atom is 0.261 e. The summed E-state index contributed by atoms with van der Waals surface area (Å²) in [6.45, 7) is 1.09. The summed E-state index contributed by atoms with van der Waals surface area (Å²) in [5.41, 5.74) is 1.16. The Kier molecular flexibility index (Phi) is 4.15. The lowest BCUT2D eigenvalue weighted by Gasteiger charge is -2.17. The van der Waals surface area contributed by atoms with Gasteiger partial charge in [0.05, 0.1) is 23.9 Å². The second-order valence-electron chi connectivity index (χ2n) is 5.35. The van der Waals surface area contributed by atoms with Crippen molar-refractivity contribution in [2.24, 2.45) is 0 Å². The highest BCUT2D eigenvalue weighted by molar-refractivity contribution is 5.75. The van der Waals surface area contributed by atoms with E-state index in [-0.39, 0.29) is 23.0 Å². The average Bonchev–Trinajstić information content (AvgIpc) is 3.03. The first-order chi connectivity index (χ1) is 10.7. The number of halogens is 1. The second kappa shape index (κ2) is 6.23. The van der Waals surface area contributed by atoms with Crippen LogP contribution in [0.5, 0.6) is 0 Å². The lowest BCUT2D eigenvalue weighted by molar-refractivity contribution is 0.0962. The normalized spacial score (nSPS) is 17.6. The highest BCUT2D eigenvalue weighted by Gasteiger charge is 2.19. The van der Waals surface area contributed by atoms with E-state index >= 15 is 0 Å². The van der Waals surface area contributed by atoms with Crippen LogP contribution in [-0.2, 0) is 11.3 Å². The minimum Gasteiger partial charge on any atom is -0.376 e. The zero-order valence-electron chi connectivity index (χ0n) is 12.0. The lowest BCUT2D eigenvalue weighted by atomic mass is 10.1. The minimum atomic E-state index is -0.340. The Bertz CT molecular complexity index is 731.